The van der Waals surface area contributed by atoms with Crippen LogP contribution in [-0.4, -0.2) is 17.9 Å². The number of para-hydroxylation sites is 1. The van der Waals surface area contributed by atoms with E-state index in [4.69, 9.17) is 11.1 Å². The quantitative estimate of drug-likeness (QED) is 0.650. The van der Waals surface area contributed by atoms with Gasteiger partial charge in [0.25, 0.3) is 0 Å². The van der Waals surface area contributed by atoms with Crippen molar-refractivity contribution in [2.45, 2.75) is 13.5 Å². The van der Waals surface area contributed by atoms with E-state index in [1.807, 2.05) is 50.4 Å². The molecule has 0 aliphatic heterocycles. The first kappa shape index (κ1) is 13.1. The molecule has 0 unspecified atom stereocenters. The average molecular weight is 254 g/mol. The molecule has 0 aliphatic rings. The van der Waals surface area contributed by atoms with Crippen molar-refractivity contribution < 1.29 is 0 Å². The van der Waals surface area contributed by atoms with Crippen LogP contribution in [0.15, 0.2) is 42.6 Å². The van der Waals surface area contributed by atoms with Gasteiger partial charge < -0.3 is 10.6 Å². The number of benzene rings is 1. The summed E-state index contributed by atoms with van der Waals surface area (Å²) in [6, 6.07) is 11.7. The molecular formula is C15H18N4. The SMILES string of the molecule is Cc1cccc(C(=N)N)c1N(C)Cc1ccccn1. The Kier molecular flexibility index (Phi) is 3.80. The number of pyridine rings is 1. The van der Waals surface area contributed by atoms with Gasteiger partial charge in [-0.25, -0.2) is 0 Å². The molecule has 0 radical (unpaired) electrons. The van der Waals surface area contributed by atoms with Gasteiger partial charge in [0.2, 0.25) is 0 Å². The lowest BCUT2D eigenvalue weighted by Crippen LogP contribution is -2.23. The van der Waals surface area contributed by atoms with Crippen molar-refractivity contribution in [1.82, 2.24) is 4.98 Å². The molecule has 0 saturated heterocycles. The second-order valence-electron chi connectivity index (χ2n) is 4.56. The molecule has 1 aromatic carbocycles. The monoisotopic (exact) mass is 254 g/mol. The zero-order valence-electron chi connectivity index (χ0n) is 11.2. The fourth-order valence-corrected chi connectivity index (χ4v) is 2.20. The number of nitrogens with two attached hydrogens (primary N) is 1. The van der Waals surface area contributed by atoms with Crippen LogP contribution in [0.3, 0.4) is 0 Å². The number of anilines is 1. The van der Waals surface area contributed by atoms with Gasteiger partial charge in [-0.15, -0.1) is 0 Å². The average Bonchev–Trinajstić information content (AvgIpc) is 2.39. The van der Waals surface area contributed by atoms with E-state index >= 15 is 0 Å². The number of nitrogens with one attached hydrogen (secondary N) is 1. The molecule has 4 heteroatoms. The van der Waals surface area contributed by atoms with Gasteiger partial charge in [-0.05, 0) is 30.7 Å². The summed E-state index contributed by atoms with van der Waals surface area (Å²) in [7, 11) is 1.99. The van der Waals surface area contributed by atoms with Gasteiger partial charge in [-0.1, -0.05) is 18.2 Å². The number of nitrogen functional groups attached to an aromatic ring is 1. The standard InChI is InChI=1S/C15H18N4/c1-11-6-5-8-13(15(16)17)14(11)19(2)10-12-7-3-4-9-18-12/h3-9H,10H2,1-2H3,(H3,16,17). The highest BCUT2D eigenvalue weighted by atomic mass is 15.1. The van der Waals surface area contributed by atoms with Gasteiger partial charge in [0.15, 0.2) is 0 Å². The molecule has 0 spiro atoms. The van der Waals surface area contributed by atoms with E-state index in [1.54, 1.807) is 6.20 Å². The molecule has 0 saturated carbocycles. The third-order valence-electron chi connectivity index (χ3n) is 3.03. The highest BCUT2D eigenvalue weighted by Gasteiger charge is 2.12. The maximum absolute atomic E-state index is 7.68. The van der Waals surface area contributed by atoms with Crippen molar-refractivity contribution >= 4 is 11.5 Å². The van der Waals surface area contributed by atoms with Crippen molar-refractivity contribution in [3.05, 3.63) is 59.4 Å². The van der Waals surface area contributed by atoms with Crippen LogP contribution in [-0.2, 0) is 6.54 Å². The summed E-state index contributed by atoms with van der Waals surface area (Å²) in [6.07, 6.45) is 1.78. The molecule has 0 bridgehead atoms. The Bertz CT molecular complexity index is 578. The number of amidine groups is 1. The number of aromatic nitrogens is 1. The number of hydrogen-bond acceptors (Lipinski definition) is 3. The largest absolute Gasteiger partial charge is 0.384 e. The molecule has 19 heavy (non-hydrogen) atoms. The lowest BCUT2D eigenvalue weighted by molar-refractivity contribution is 0.879. The minimum Gasteiger partial charge on any atom is -0.384 e. The molecule has 3 N–H and O–H groups in total. The lowest BCUT2D eigenvalue weighted by atomic mass is 10.1. The van der Waals surface area contributed by atoms with Gasteiger partial charge in [0.1, 0.15) is 5.84 Å². The summed E-state index contributed by atoms with van der Waals surface area (Å²) >= 11 is 0. The maximum Gasteiger partial charge on any atom is 0.124 e. The number of hydrogen-bond donors (Lipinski definition) is 2. The van der Waals surface area contributed by atoms with Gasteiger partial charge in [0.05, 0.1) is 17.9 Å². The summed E-state index contributed by atoms with van der Waals surface area (Å²) in [5.74, 6) is 0.0894. The van der Waals surface area contributed by atoms with Crippen LogP contribution in [0, 0.1) is 12.3 Å². The lowest BCUT2D eigenvalue weighted by Gasteiger charge is -2.24. The fourth-order valence-electron chi connectivity index (χ4n) is 2.20. The van der Waals surface area contributed by atoms with Crippen LogP contribution < -0.4 is 10.6 Å². The Morgan fingerprint density at radius 1 is 1.26 bits per heavy atom. The Balaban J connectivity index is 2.33. The third-order valence-corrected chi connectivity index (χ3v) is 3.03. The second kappa shape index (κ2) is 5.52. The Labute approximate surface area is 113 Å². The van der Waals surface area contributed by atoms with Crippen LogP contribution in [0.2, 0.25) is 0 Å². The van der Waals surface area contributed by atoms with Crippen LogP contribution in [0.5, 0.6) is 0 Å². The van der Waals surface area contributed by atoms with Crippen LogP contribution in [0.1, 0.15) is 16.8 Å². The normalized spacial score (nSPS) is 10.2. The highest BCUT2D eigenvalue weighted by Crippen LogP contribution is 2.24. The molecular weight excluding hydrogens is 236 g/mol. The van der Waals surface area contributed by atoms with Crippen molar-refractivity contribution in [3.8, 4) is 0 Å². The summed E-state index contributed by atoms with van der Waals surface area (Å²) < 4.78 is 0. The molecule has 1 heterocycles. The van der Waals surface area contributed by atoms with E-state index in [2.05, 4.69) is 9.88 Å². The van der Waals surface area contributed by atoms with Crippen LogP contribution in [0.4, 0.5) is 5.69 Å². The van der Waals surface area contributed by atoms with Gasteiger partial charge in [-0.3, -0.25) is 10.4 Å². The summed E-state index contributed by atoms with van der Waals surface area (Å²) in [5, 5.41) is 7.68. The zero-order valence-corrected chi connectivity index (χ0v) is 11.2. The molecule has 2 rings (SSSR count). The molecule has 0 amide bonds. The first-order chi connectivity index (χ1) is 9.09. The topological polar surface area (TPSA) is 66.0 Å². The predicted octanol–water partition coefficient (Wildman–Crippen LogP) is 2.31. The Hall–Kier alpha value is -2.36. The smallest absolute Gasteiger partial charge is 0.124 e. The summed E-state index contributed by atoms with van der Waals surface area (Å²) in [6.45, 7) is 2.71. The van der Waals surface area contributed by atoms with Gasteiger partial charge in [0, 0.05) is 18.8 Å². The fraction of sp³-hybridized carbons (Fsp3) is 0.200. The van der Waals surface area contributed by atoms with Crippen molar-refractivity contribution in [2.75, 3.05) is 11.9 Å². The van der Waals surface area contributed by atoms with E-state index in [0.717, 1.165) is 22.5 Å². The van der Waals surface area contributed by atoms with Gasteiger partial charge in [-0.2, -0.15) is 0 Å². The molecule has 98 valence electrons. The van der Waals surface area contributed by atoms with Crippen molar-refractivity contribution in [2.24, 2.45) is 5.73 Å². The summed E-state index contributed by atoms with van der Waals surface area (Å²) in [5.41, 5.74) is 9.50. The summed E-state index contributed by atoms with van der Waals surface area (Å²) in [4.78, 5) is 6.40. The van der Waals surface area contributed by atoms with E-state index in [1.165, 1.54) is 0 Å². The highest BCUT2D eigenvalue weighted by molar-refractivity contribution is 6.01. The van der Waals surface area contributed by atoms with Crippen molar-refractivity contribution in [3.63, 3.8) is 0 Å². The van der Waals surface area contributed by atoms with E-state index in [-0.39, 0.29) is 5.84 Å². The molecule has 0 fully saturated rings. The first-order valence-electron chi connectivity index (χ1n) is 6.14. The minimum absolute atomic E-state index is 0.0894. The van der Waals surface area contributed by atoms with Crippen LogP contribution in [0.25, 0.3) is 0 Å². The first-order valence-corrected chi connectivity index (χ1v) is 6.14. The Morgan fingerprint density at radius 3 is 2.68 bits per heavy atom. The van der Waals surface area contributed by atoms with E-state index in [0.29, 0.717) is 6.54 Å². The second-order valence-corrected chi connectivity index (χ2v) is 4.56. The molecule has 1 aromatic heterocycles. The maximum atomic E-state index is 7.68. The predicted molar refractivity (Wildman–Crippen MR) is 78.5 cm³/mol. The third kappa shape index (κ3) is 2.91. The molecule has 2 aromatic rings. The molecule has 0 atom stereocenters. The number of rotatable bonds is 4. The molecule has 0 aliphatic carbocycles. The zero-order chi connectivity index (χ0) is 13.8. The van der Waals surface area contributed by atoms with Crippen molar-refractivity contribution in [1.29, 1.82) is 5.41 Å². The van der Waals surface area contributed by atoms with Gasteiger partial charge >= 0.3 is 0 Å². The van der Waals surface area contributed by atoms with E-state index in [9.17, 15) is 0 Å². The number of nitrogens with zero attached hydrogens (tertiary/aromatic N) is 2. The van der Waals surface area contributed by atoms with E-state index < -0.39 is 0 Å². The number of aryl methyl sites for hydroxylation is 1. The molecule has 4 nitrogen and oxygen atoms in total. The van der Waals surface area contributed by atoms with Crippen LogP contribution >= 0.6 is 0 Å². The Morgan fingerprint density at radius 2 is 2.05 bits per heavy atom. The minimum atomic E-state index is 0.0894.